The Morgan fingerprint density at radius 3 is 2.42 bits per heavy atom. The molecule has 3 aromatic rings. The lowest BCUT2D eigenvalue weighted by Crippen LogP contribution is -2.55. The fourth-order valence-corrected chi connectivity index (χ4v) is 4.57. The minimum Gasteiger partial charge on any atom is -0.480 e. The molecule has 0 aliphatic carbocycles. The molecule has 1 fully saturated rings. The van der Waals surface area contributed by atoms with E-state index in [1.54, 1.807) is 23.1 Å². The summed E-state index contributed by atoms with van der Waals surface area (Å²) < 4.78 is 5.83. The monoisotopic (exact) mass is 506 g/mol. The minimum absolute atomic E-state index is 0.106. The number of carboxylic acids is 1. The van der Waals surface area contributed by atoms with E-state index in [0.717, 1.165) is 22.3 Å². The molecule has 1 aliphatic rings. The van der Waals surface area contributed by atoms with Gasteiger partial charge in [0.2, 0.25) is 5.91 Å². The van der Waals surface area contributed by atoms with Crippen LogP contribution in [0.25, 0.3) is 0 Å². The van der Waals surface area contributed by atoms with Crippen molar-refractivity contribution in [3.8, 4) is 0 Å². The molecule has 0 bridgehead atoms. The van der Waals surface area contributed by atoms with E-state index in [0.29, 0.717) is 5.02 Å². The number of morpholine rings is 1. The molecular formula is C28H27ClN2O5. The van der Waals surface area contributed by atoms with Crippen molar-refractivity contribution in [2.24, 2.45) is 0 Å². The van der Waals surface area contributed by atoms with E-state index in [4.69, 9.17) is 16.3 Å². The number of amides is 2. The molecule has 0 spiro atoms. The molecular weight excluding hydrogens is 480 g/mol. The van der Waals surface area contributed by atoms with Crippen LogP contribution in [-0.4, -0.2) is 51.9 Å². The molecule has 36 heavy (non-hydrogen) atoms. The number of nitrogens with zero attached hydrogens (tertiary/aromatic N) is 2. The first kappa shape index (κ1) is 25.4. The van der Waals surface area contributed by atoms with Crippen LogP contribution in [-0.2, 0) is 32.2 Å². The van der Waals surface area contributed by atoms with E-state index in [1.165, 1.54) is 4.90 Å². The molecule has 0 saturated carbocycles. The van der Waals surface area contributed by atoms with Crippen LogP contribution in [0, 0.1) is 6.92 Å². The molecule has 3 aromatic carbocycles. The lowest BCUT2D eigenvalue weighted by Gasteiger charge is -2.42. The number of hydrogen-bond acceptors (Lipinski definition) is 4. The number of ether oxygens (including phenoxy) is 1. The lowest BCUT2D eigenvalue weighted by molar-refractivity contribution is -0.172. The number of carboxylic acid groups (broad SMARTS) is 1. The number of hydrogen-bond donors (Lipinski definition) is 1. The maximum absolute atomic E-state index is 13.8. The fourth-order valence-electron chi connectivity index (χ4n) is 4.35. The maximum Gasteiger partial charge on any atom is 0.323 e. The molecule has 2 amide bonds. The highest BCUT2D eigenvalue weighted by molar-refractivity contribution is 6.30. The Morgan fingerprint density at radius 2 is 1.75 bits per heavy atom. The summed E-state index contributed by atoms with van der Waals surface area (Å²) in [6.07, 6.45) is -1.07. The molecule has 1 saturated heterocycles. The highest BCUT2D eigenvalue weighted by Gasteiger charge is 2.43. The van der Waals surface area contributed by atoms with E-state index in [1.807, 2.05) is 67.6 Å². The fraction of sp³-hybridized carbons (Fsp3) is 0.250. The first-order valence-electron chi connectivity index (χ1n) is 11.6. The van der Waals surface area contributed by atoms with Crippen molar-refractivity contribution in [3.63, 3.8) is 0 Å². The highest BCUT2D eigenvalue weighted by Crippen LogP contribution is 2.33. The number of rotatable bonds is 8. The van der Waals surface area contributed by atoms with Crippen LogP contribution in [0.5, 0.6) is 0 Å². The van der Waals surface area contributed by atoms with Gasteiger partial charge in [0, 0.05) is 18.1 Å². The predicted molar refractivity (Wildman–Crippen MR) is 135 cm³/mol. The molecule has 7 nitrogen and oxygen atoms in total. The molecule has 0 aromatic heterocycles. The SMILES string of the molecule is Cc1ccc(CN(CC(=O)O)C(=O)[C@H]2OCC(=O)N(Cc3cccc(Cl)c3)[C@@H]2c2ccccc2)cc1. The summed E-state index contributed by atoms with van der Waals surface area (Å²) in [7, 11) is 0. The van der Waals surface area contributed by atoms with Crippen LogP contribution in [0.15, 0.2) is 78.9 Å². The van der Waals surface area contributed by atoms with Gasteiger partial charge in [-0.15, -0.1) is 0 Å². The topological polar surface area (TPSA) is 87.1 Å². The summed E-state index contributed by atoms with van der Waals surface area (Å²) in [6.45, 7) is 1.51. The number of benzene rings is 3. The number of carbonyl (C=O) groups is 3. The van der Waals surface area contributed by atoms with Gasteiger partial charge >= 0.3 is 5.97 Å². The zero-order valence-electron chi connectivity index (χ0n) is 19.8. The quantitative estimate of drug-likeness (QED) is 0.494. The first-order chi connectivity index (χ1) is 17.3. The standard InChI is InChI=1S/C28H27ClN2O5/c1-19-10-12-20(13-11-19)15-30(17-25(33)34)28(35)27-26(22-7-3-2-4-8-22)31(24(32)18-36-27)16-21-6-5-9-23(29)14-21/h2-14,26-27H,15-18H2,1H3,(H,33,34)/t26-,27+/m1/s1. The van der Waals surface area contributed by atoms with E-state index in [9.17, 15) is 19.5 Å². The third kappa shape index (κ3) is 6.11. The van der Waals surface area contributed by atoms with Crippen molar-refractivity contribution in [2.45, 2.75) is 32.2 Å². The maximum atomic E-state index is 13.8. The van der Waals surface area contributed by atoms with Crippen molar-refractivity contribution in [2.75, 3.05) is 13.2 Å². The van der Waals surface area contributed by atoms with Gasteiger partial charge in [0.25, 0.3) is 5.91 Å². The normalized spacial score (nSPS) is 17.6. The second kappa shape index (κ2) is 11.4. The van der Waals surface area contributed by atoms with Crippen molar-refractivity contribution in [1.29, 1.82) is 0 Å². The van der Waals surface area contributed by atoms with E-state index >= 15 is 0 Å². The number of aryl methyl sites for hydroxylation is 1. The van der Waals surface area contributed by atoms with Crippen molar-refractivity contribution in [1.82, 2.24) is 9.80 Å². The van der Waals surface area contributed by atoms with Gasteiger partial charge in [-0.1, -0.05) is 83.9 Å². The Bertz CT molecular complexity index is 1230. The third-order valence-electron chi connectivity index (χ3n) is 6.09. The van der Waals surface area contributed by atoms with Crippen molar-refractivity contribution >= 4 is 29.4 Å². The molecule has 8 heteroatoms. The van der Waals surface area contributed by atoms with Crippen LogP contribution in [0.1, 0.15) is 28.3 Å². The van der Waals surface area contributed by atoms with Crippen LogP contribution < -0.4 is 0 Å². The molecule has 2 atom stereocenters. The Labute approximate surface area is 214 Å². The predicted octanol–water partition coefficient (Wildman–Crippen LogP) is 4.23. The zero-order valence-corrected chi connectivity index (χ0v) is 20.6. The van der Waals surface area contributed by atoms with E-state index in [2.05, 4.69) is 0 Å². The molecule has 1 aliphatic heterocycles. The summed E-state index contributed by atoms with van der Waals surface area (Å²) in [6, 6.07) is 23.2. The van der Waals surface area contributed by atoms with E-state index < -0.39 is 30.6 Å². The highest BCUT2D eigenvalue weighted by atomic mass is 35.5. The van der Waals surface area contributed by atoms with E-state index in [-0.39, 0.29) is 25.6 Å². The second-order valence-corrected chi connectivity index (χ2v) is 9.25. The van der Waals surface area contributed by atoms with Gasteiger partial charge in [0.1, 0.15) is 13.2 Å². The summed E-state index contributed by atoms with van der Waals surface area (Å²) in [5.74, 6) is -1.89. The van der Waals surface area contributed by atoms with Crippen molar-refractivity contribution in [3.05, 3.63) is 106 Å². The van der Waals surface area contributed by atoms with Gasteiger partial charge in [0.05, 0.1) is 6.04 Å². The minimum atomic E-state index is -1.13. The van der Waals surface area contributed by atoms with Crippen LogP contribution >= 0.6 is 11.6 Å². The Morgan fingerprint density at radius 1 is 1.03 bits per heavy atom. The Hall–Kier alpha value is -3.68. The van der Waals surface area contributed by atoms with Gasteiger partial charge in [-0.2, -0.15) is 0 Å². The van der Waals surface area contributed by atoms with Gasteiger partial charge in [-0.05, 0) is 35.7 Å². The largest absolute Gasteiger partial charge is 0.480 e. The summed E-state index contributed by atoms with van der Waals surface area (Å²) >= 11 is 6.16. The van der Waals surface area contributed by atoms with Gasteiger partial charge in [-0.25, -0.2) is 0 Å². The molecule has 186 valence electrons. The zero-order chi connectivity index (χ0) is 25.7. The Kier molecular flexibility index (Phi) is 8.03. The third-order valence-corrected chi connectivity index (χ3v) is 6.32. The number of carbonyl (C=O) groups excluding carboxylic acids is 2. The molecule has 1 N–H and O–H groups in total. The number of halogens is 1. The smallest absolute Gasteiger partial charge is 0.323 e. The first-order valence-corrected chi connectivity index (χ1v) is 12.0. The summed E-state index contributed by atoms with van der Waals surface area (Å²) in [5, 5.41) is 10.1. The van der Waals surface area contributed by atoms with Crippen LogP contribution in [0.4, 0.5) is 0 Å². The number of aliphatic carboxylic acids is 1. The van der Waals surface area contributed by atoms with Crippen LogP contribution in [0.2, 0.25) is 5.02 Å². The van der Waals surface area contributed by atoms with Gasteiger partial charge in [0.15, 0.2) is 6.10 Å². The Balaban J connectivity index is 1.69. The van der Waals surface area contributed by atoms with Gasteiger partial charge < -0.3 is 19.6 Å². The van der Waals surface area contributed by atoms with Crippen molar-refractivity contribution < 1.29 is 24.2 Å². The van der Waals surface area contributed by atoms with Crippen LogP contribution in [0.3, 0.4) is 0 Å². The molecule has 0 unspecified atom stereocenters. The average Bonchev–Trinajstić information content (AvgIpc) is 2.86. The van der Waals surface area contributed by atoms with Gasteiger partial charge in [-0.3, -0.25) is 14.4 Å². The summed E-state index contributed by atoms with van der Waals surface area (Å²) in [5.41, 5.74) is 3.39. The summed E-state index contributed by atoms with van der Waals surface area (Å²) in [4.78, 5) is 41.4. The molecule has 4 rings (SSSR count). The molecule has 1 heterocycles. The molecule has 0 radical (unpaired) electrons. The lowest BCUT2D eigenvalue weighted by atomic mass is 9.95. The second-order valence-electron chi connectivity index (χ2n) is 8.81. The average molecular weight is 507 g/mol.